The van der Waals surface area contributed by atoms with Crippen LogP contribution < -0.4 is 4.90 Å². The molecule has 1 aromatic carbocycles. The van der Waals surface area contributed by atoms with Gasteiger partial charge in [-0.2, -0.15) is 0 Å². The van der Waals surface area contributed by atoms with Crippen molar-refractivity contribution in [1.29, 1.82) is 0 Å². The van der Waals surface area contributed by atoms with Crippen LogP contribution in [0.2, 0.25) is 0 Å². The van der Waals surface area contributed by atoms with Crippen molar-refractivity contribution in [2.24, 2.45) is 0 Å². The summed E-state index contributed by atoms with van der Waals surface area (Å²) < 4.78 is 13.0. The van der Waals surface area contributed by atoms with Crippen LogP contribution in [0.4, 0.5) is 10.1 Å². The van der Waals surface area contributed by atoms with Crippen LogP contribution in [0, 0.1) is 0 Å². The molecule has 1 aliphatic rings. The molecular weight excluding hydrogens is 193 g/mol. The Morgan fingerprint density at radius 1 is 1.27 bits per heavy atom. The molecule has 0 unspecified atom stereocenters. The number of carbonyl (C=O) groups is 1. The summed E-state index contributed by atoms with van der Waals surface area (Å²) in [6.07, 6.45) is 1.31. The summed E-state index contributed by atoms with van der Waals surface area (Å²) in [6.45, 7) is 1.40. The Bertz CT molecular complexity index is 345. The summed E-state index contributed by atoms with van der Waals surface area (Å²) in [5.74, 6) is 0. The normalized spacial score (nSPS) is 17.8. The summed E-state index contributed by atoms with van der Waals surface area (Å²) in [5, 5.41) is 0. The average molecular weight is 207 g/mol. The van der Waals surface area contributed by atoms with Crippen molar-refractivity contribution in [1.82, 2.24) is 0 Å². The molecule has 2 nitrogen and oxygen atoms in total. The molecule has 2 rings (SSSR count). The van der Waals surface area contributed by atoms with Gasteiger partial charge in [0.2, 0.25) is 0 Å². The number of benzene rings is 1. The van der Waals surface area contributed by atoms with Gasteiger partial charge in [-0.15, -0.1) is 0 Å². The maximum absolute atomic E-state index is 13.0. The number of piperidine rings is 1. The van der Waals surface area contributed by atoms with Gasteiger partial charge in [-0.25, -0.2) is 4.39 Å². The first-order valence-corrected chi connectivity index (χ1v) is 5.24. The number of aldehydes is 1. The van der Waals surface area contributed by atoms with E-state index in [1.807, 2.05) is 18.2 Å². The summed E-state index contributed by atoms with van der Waals surface area (Å²) in [4.78, 5) is 12.9. The highest BCUT2D eigenvalue weighted by atomic mass is 19.1. The van der Waals surface area contributed by atoms with Gasteiger partial charge in [0.1, 0.15) is 6.17 Å². The molecule has 0 aromatic heterocycles. The van der Waals surface area contributed by atoms with Crippen LogP contribution in [-0.4, -0.2) is 25.5 Å². The molecule has 1 heterocycles. The number of hydrogen-bond donors (Lipinski definition) is 0. The van der Waals surface area contributed by atoms with Gasteiger partial charge < -0.3 is 4.90 Å². The second-order valence-corrected chi connectivity index (χ2v) is 3.84. The Balaban J connectivity index is 2.18. The Labute approximate surface area is 88.7 Å². The third kappa shape index (κ3) is 2.17. The molecule has 1 saturated heterocycles. The van der Waals surface area contributed by atoms with E-state index in [0.29, 0.717) is 31.5 Å². The minimum atomic E-state index is -0.676. The van der Waals surface area contributed by atoms with Crippen LogP contribution >= 0.6 is 0 Å². The lowest BCUT2D eigenvalue weighted by Gasteiger charge is -2.31. The van der Waals surface area contributed by atoms with Crippen molar-refractivity contribution >= 4 is 12.0 Å². The molecule has 0 radical (unpaired) electrons. The smallest absolute Gasteiger partial charge is 0.152 e. The summed E-state index contributed by atoms with van der Waals surface area (Å²) in [7, 11) is 0. The molecule has 0 N–H and O–H groups in total. The molecule has 15 heavy (non-hydrogen) atoms. The van der Waals surface area contributed by atoms with Gasteiger partial charge in [0, 0.05) is 24.3 Å². The van der Waals surface area contributed by atoms with E-state index in [2.05, 4.69) is 4.90 Å². The van der Waals surface area contributed by atoms with E-state index >= 15 is 0 Å². The minimum Gasteiger partial charge on any atom is -0.371 e. The van der Waals surface area contributed by atoms with E-state index in [1.54, 1.807) is 6.07 Å². The second-order valence-electron chi connectivity index (χ2n) is 3.84. The summed E-state index contributed by atoms with van der Waals surface area (Å²) in [5.41, 5.74) is 1.62. The predicted octanol–water partition coefficient (Wildman–Crippen LogP) is 2.44. The maximum Gasteiger partial charge on any atom is 0.152 e. The molecule has 3 heteroatoms. The second kappa shape index (κ2) is 4.43. The number of hydrogen-bond acceptors (Lipinski definition) is 2. The molecular formula is C12H14FNO. The Hall–Kier alpha value is -1.38. The molecule has 0 saturated carbocycles. The van der Waals surface area contributed by atoms with E-state index in [4.69, 9.17) is 0 Å². The van der Waals surface area contributed by atoms with Crippen molar-refractivity contribution in [2.75, 3.05) is 18.0 Å². The predicted molar refractivity (Wildman–Crippen MR) is 58.2 cm³/mol. The minimum absolute atomic E-state index is 0.563. The fourth-order valence-corrected chi connectivity index (χ4v) is 1.96. The lowest BCUT2D eigenvalue weighted by atomic mass is 10.1. The zero-order valence-corrected chi connectivity index (χ0v) is 8.53. The van der Waals surface area contributed by atoms with Gasteiger partial charge in [-0.05, 0) is 25.0 Å². The molecule has 0 aliphatic carbocycles. The van der Waals surface area contributed by atoms with Gasteiger partial charge in [-0.1, -0.05) is 12.1 Å². The number of rotatable bonds is 2. The third-order valence-electron chi connectivity index (χ3n) is 2.83. The maximum atomic E-state index is 13.0. The SMILES string of the molecule is O=Cc1ccccc1N1CCC(F)CC1. The van der Waals surface area contributed by atoms with E-state index in [0.717, 1.165) is 12.0 Å². The topological polar surface area (TPSA) is 20.3 Å². The van der Waals surface area contributed by atoms with Crippen molar-refractivity contribution in [2.45, 2.75) is 19.0 Å². The molecule has 1 aliphatic heterocycles. The quantitative estimate of drug-likeness (QED) is 0.694. The van der Waals surface area contributed by atoms with Gasteiger partial charge in [0.25, 0.3) is 0 Å². The largest absolute Gasteiger partial charge is 0.371 e. The lowest BCUT2D eigenvalue weighted by Crippen LogP contribution is -2.34. The fraction of sp³-hybridized carbons (Fsp3) is 0.417. The fourth-order valence-electron chi connectivity index (χ4n) is 1.96. The van der Waals surface area contributed by atoms with Crippen LogP contribution in [0.3, 0.4) is 0 Å². The molecule has 0 amide bonds. The van der Waals surface area contributed by atoms with Crippen LogP contribution in [0.25, 0.3) is 0 Å². The first kappa shape index (κ1) is 10.1. The number of anilines is 1. The van der Waals surface area contributed by atoms with Crippen molar-refractivity contribution in [3.8, 4) is 0 Å². The zero-order valence-electron chi connectivity index (χ0n) is 8.53. The van der Waals surface area contributed by atoms with Gasteiger partial charge >= 0.3 is 0 Å². The van der Waals surface area contributed by atoms with Crippen LogP contribution in [-0.2, 0) is 0 Å². The van der Waals surface area contributed by atoms with Crippen LogP contribution in [0.15, 0.2) is 24.3 Å². The highest BCUT2D eigenvalue weighted by Gasteiger charge is 2.19. The summed E-state index contributed by atoms with van der Waals surface area (Å²) in [6, 6.07) is 7.46. The summed E-state index contributed by atoms with van der Waals surface area (Å²) >= 11 is 0. The van der Waals surface area contributed by atoms with Gasteiger partial charge in [0.05, 0.1) is 0 Å². The highest BCUT2D eigenvalue weighted by Crippen LogP contribution is 2.23. The van der Waals surface area contributed by atoms with E-state index in [-0.39, 0.29) is 0 Å². The molecule has 80 valence electrons. The molecule has 0 bridgehead atoms. The third-order valence-corrected chi connectivity index (χ3v) is 2.83. The number of alkyl halides is 1. The zero-order chi connectivity index (χ0) is 10.7. The molecule has 0 spiro atoms. The van der Waals surface area contributed by atoms with E-state index in [1.165, 1.54) is 0 Å². The van der Waals surface area contributed by atoms with Crippen molar-refractivity contribution < 1.29 is 9.18 Å². The van der Waals surface area contributed by atoms with Crippen LogP contribution in [0.5, 0.6) is 0 Å². The van der Waals surface area contributed by atoms with Crippen molar-refractivity contribution in [3.05, 3.63) is 29.8 Å². The Kier molecular flexibility index (Phi) is 2.99. The highest BCUT2D eigenvalue weighted by molar-refractivity contribution is 5.84. The lowest BCUT2D eigenvalue weighted by molar-refractivity contribution is 0.112. The number of para-hydroxylation sites is 1. The van der Waals surface area contributed by atoms with Crippen LogP contribution in [0.1, 0.15) is 23.2 Å². The van der Waals surface area contributed by atoms with E-state index < -0.39 is 6.17 Å². The first-order chi connectivity index (χ1) is 7.31. The van der Waals surface area contributed by atoms with Gasteiger partial charge in [-0.3, -0.25) is 4.79 Å². The van der Waals surface area contributed by atoms with Gasteiger partial charge in [0.15, 0.2) is 6.29 Å². The first-order valence-electron chi connectivity index (χ1n) is 5.24. The monoisotopic (exact) mass is 207 g/mol. The molecule has 1 fully saturated rings. The standard InChI is InChI=1S/C12H14FNO/c13-11-5-7-14(8-6-11)12-4-2-1-3-10(12)9-15/h1-4,9,11H,5-8H2. The number of carbonyl (C=O) groups excluding carboxylic acids is 1. The number of halogens is 1. The Morgan fingerprint density at radius 2 is 1.93 bits per heavy atom. The Morgan fingerprint density at radius 3 is 2.60 bits per heavy atom. The molecule has 0 atom stereocenters. The van der Waals surface area contributed by atoms with E-state index in [9.17, 15) is 9.18 Å². The van der Waals surface area contributed by atoms with Crippen molar-refractivity contribution in [3.63, 3.8) is 0 Å². The molecule has 1 aromatic rings. The number of nitrogens with zero attached hydrogens (tertiary/aromatic N) is 1. The average Bonchev–Trinajstić information content (AvgIpc) is 2.30.